The molecule has 0 radical (unpaired) electrons. The van der Waals surface area contributed by atoms with Gasteiger partial charge in [0.25, 0.3) is 0 Å². The summed E-state index contributed by atoms with van der Waals surface area (Å²) in [5, 5.41) is 0. The van der Waals surface area contributed by atoms with Crippen molar-refractivity contribution < 1.29 is 4.21 Å². The molecule has 0 saturated heterocycles. The van der Waals surface area contributed by atoms with Crippen LogP contribution in [0.2, 0.25) is 0 Å². The van der Waals surface area contributed by atoms with Gasteiger partial charge in [-0.25, -0.2) is 0 Å². The first-order valence-corrected chi connectivity index (χ1v) is 7.94. The minimum Gasteiger partial charge on any atom is -0.299 e. The van der Waals surface area contributed by atoms with E-state index in [-0.39, 0.29) is 0 Å². The number of nitrogens with zero attached hydrogens (tertiary/aromatic N) is 1. The van der Waals surface area contributed by atoms with Crippen molar-refractivity contribution in [2.24, 2.45) is 0 Å². The summed E-state index contributed by atoms with van der Waals surface area (Å²) in [6, 6.07) is 10.7. The highest BCUT2D eigenvalue weighted by Crippen LogP contribution is 2.08. The lowest BCUT2D eigenvalue weighted by Gasteiger charge is -2.24. The Kier molecular flexibility index (Phi) is 6.30. The lowest BCUT2D eigenvalue weighted by atomic mass is 10.1. The molecule has 0 N–H and O–H groups in total. The number of benzene rings is 1. The summed E-state index contributed by atoms with van der Waals surface area (Å²) in [4.78, 5) is 2.25. The molecule has 0 bridgehead atoms. The highest BCUT2D eigenvalue weighted by Gasteiger charge is 2.10. The van der Waals surface area contributed by atoms with E-state index in [4.69, 9.17) is 0 Å². The zero-order valence-electron chi connectivity index (χ0n) is 11.7. The Morgan fingerprint density at radius 1 is 1.39 bits per heavy atom. The second kappa shape index (κ2) is 7.49. The average Bonchev–Trinajstić information content (AvgIpc) is 2.29. The first-order valence-electron chi connectivity index (χ1n) is 6.21. The number of hydrogen-bond acceptors (Lipinski definition) is 2. The topological polar surface area (TPSA) is 20.3 Å². The van der Waals surface area contributed by atoms with E-state index in [9.17, 15) is 4.21 Å². The quantitative estimate of drug-likeness (QED) is 0.788. The van der Waals surface area contributed by atoms with Gasteiger partial charge >= 0.3 is 0 Å². The highest BCUT2D eigenvalue weighted by atomic mass is 32.2. The van der Waals surface area contributed by atoms with E-state index in [1.807, 2.05) is 18.2 Å². The minimum atomic E-state index is -0.730. The van der Waals surface area contributed by atoms with Crippen molar-refractivity contribution in [3.63, 3.8) is 0 Å². The summed E-state index contributed by atoms with van der Waals surface area (Å²) in [7, 11) is 1.35. The third kappa shape index (κ3) is 5.61. The zero-order chi connectivity index (χ0) is 13.5. The molecular formula is C15H23NOS. The number of rotatable bonds is 6. The fraction of sp³-hybridized carbons (Fsp3) is 0.467. The van der Waals surface area contributed by atoms with Crippen LogP contribution in [0.1, 0.15) is 19.4 Å². The maximum Gasteiger partial charge on any atom is 0.0385 e. The van der Waals surface area contributed by atoms with Gasteiger partial charge in [0.15, 0.2) is 0 Å². The Morgan fingerprint density at radius 2 is 2.00 bits per heavy atom. The van der Waals surface area contributed by atoms with Gasteiger partial charge in [0, 0.05) is 35.4 Å². The summed E-state index contributed by atoms with van der Waals surface area (Å²) in [5.74, 6) is 0.731. The van der Waals surface area contributed by atoms with Crippen LogP contribution in [-0.4, -0.2) is 40.8 Å². The van der Waals surface area contributed by atoms with E-state index in [1.54, 1.807) is 6.26 Å². The fourth-order valence-corrected chi connectivity index (χ4v) is 2.83. The van der Waals surface area contributed by atoms with Gasteiger partial charge in [-0.15, -0.1) is 0 Å². The average molecular weight is 265 g/mol. The predicted octanol–water partition coefficient (Wildman–Crippen LogP) is 2.79. The molecule has 1 aromatic rings. The Bertz CT molecular complexity index is 414. The first kappa shape index (κ1) is 15.1. The smallest absolute Gasteiger partial charge is 0.0385 e. The Balaban J connectivity index is 2.56. The van der Waals surface area contributed by atoms with Crippen LogP contribution in [0.15, 0.2) is 35.9 Å². The molecule has 2 atom stereocenters. The van der Waals surface area contributed by atoms with Gasteiger partial charge in [0.05, 0.1) is 0 Å². The summed E-state index contributed by atoms with van der Waals surface area (Å²) in [5.41, 5.74) is 2.55. The van der Waals surface area contributed by atoms with Gasteiger partial charge in [0.1, 0.15) is 0 Å². The third-order valence-electron chi connectivity index (χ3n) is 2.94. The molecule has 0 heterocycles. The fourth-order valence-electron chi connectivity index (χ4n) is 1.90. The lowest BCUT2D eigenvalue weighted by Crippen LogP contribution is -2.34. The van der Waals surface area contributed by atoms with Crippen molar-refractivity contribution in [1.29, 1.82) is 0 Å². The van der Waals surface area contributed by atoms with Crippen LogP contribution in [0.5, 0.6) is 0 Å². The molecule has 0 unspecified atom stereocenters. The molecular weight excluding hydrogens is 242 g/mol. The van der Waals surface area contributed by atoms with Crippen molar-refractivity contribution >= 4 is 16.9 Å². The maximum absolute atomic E-state index is 11.2. The Hall–Kier alpha value is -0.930. The van der Waals surface area contributed by atoms with E-state index < -0.39 is 10.8 Å². The molecule has 0 amide bonds. The third-order valence-corrected chi connectivity index (χ3v) is 3.89. The molecule has 1 aromatic carbocycles. The molecule has 0 saturated carbocycles. The molecule has 2 nitrogen and oxygen atoms in total. The Morgan fingerprint density at radius 3 is 2.56 bits per heavy atom. The normalized spacial score (nSPS) is 15.7. The van der Waals surface area contributed by atoms with Gasteiger partial charge in [0.2, 0.25) is 0 Å². The second-order valence-electron chi connectivity index (χ2n) is 4.91. The maximum atomic E-state index is 11.2. The van der Waals surface area contributed by atoms with Crippen LogP contribution >= 0.6 is 0 Å². The lowest BCUT2D eigenvalue weighted by molar-refractivity contribution is 0.300. The van der Waals surface area contributed by atoms with Crippen LogP contribution in [0.3, 0.4) is 0 Å². The molecule has 0 fully saturated rings. The van der Waals surface area contributed by atoms with E-state index in [0.29, 0.717) is 6.04 Å². The molecule has 3 heteroatoms. The zero-order valence-corrected chi connectivity index (χ0v) is 12.5. The second-order valence-corrected chi connectivity index (χ2v) is 6.39. The monoisotopic (exact) mass is 265 g/mol. The summed E-state index contributed by atoms with van der Waals surface area (Å²) < 4.78 is 11.2. The van der Waals surface area contributed by atoms with Gasteiger partial charge in [-0.3, -0.25) is 9.11 Å². The molecule has 0 aliphatic rings. The molecule has 1 rings (SSSR count). The van der Waals surface area contributed by atoms with E-state index in [0.717, 1.165) is 12.3 Å². The van der Waals surface area contributed by atoms with E-state index in [2.05, 4.69) is 44.0 Å². The van der Waals surface area contributed by atoms with Crippen LogP contribution in [0.25, 0.3) is 6.08 Å². The van der Waals surface area contributed by atoms with E-state index >= 15 is 0 Å². The standard InChI is InChI=1S/C15H23NOS/c1-13(10-15-8-6-5-7-9-15)11-16(3)14(2)12-18(4)17/h5-10,14H,11-12H2,1-4H3/b13-10+/t14-,18-/m1/s1. The summed E-state index contributed by atoms with van der Waals surface area (Å²) in [6.07, 6.45) is 3.96. The first-order chi connectivity index (χ1) is 8.49. The van der Waals surface area contributed by atoms with Crippen LogP contribution in [0, 0.1) is 0 Å². The van der Waals surface area contributed by atoms with Crippen LogP contribution in [0.4, 0.5) is 0 Å². The SMILES string of the molecule is C/C(=C\c1ccccc1)CN(C)[C@H](C)C[S@@](C)=O. The molecule has 0 spiro atoms. The van der Waals surface area contributed by atoms with Gasteiger partial charge < -0.3 is 0 Å². The molecule has 0 aliphatic heterocycles. The largest absolute Gasteiger partial charge is 0.299 e. The predicted molar refractivity (Wildman–Crippen MR) is 81.1 cm³/mol. The Labute approximate surface area is 113 Å². The minimum absolute atomic E-state index is 0.343. The van der Waals surface area contributed by atoms with Crippen LogP contribution in [-0.2, 0) is 10.8 Å². The summed E-state index contributed by atoms with van der Waals surface area (Å²) >= 11 is 0. The van der Waals surface area contributed by atoms with Gasteiger partial charge in [-0.2, -0.15) is 0 Å². The molecule has 18 heavy (non-hydrogen) atoms. The number of likely N-dealkylation sites (N-methyl/N-ethyl adjacent to an activating group) is 1. The van der Waals surface area contributed by atoms with Crippen molar-refractivity contribution in [2.75, 3.05) is 25.6 Å². The molecule has 0 aliphatic carbocycles. The summed E-state index contributed by atoms with van der Waals surface area (Å²) in [6.45, 7) is 5.17. The van der Waals surface area contributed by atoms with Crippen molar-refractivity contribution in [2.45, 2.75) is 19.9 Å². The molecule has 0 aromatic heterocycles. The highest BCUT2D eigenvalue weighted by molar-refractivity contribution is 7.84. The van der Waals surface area contributed by atoms with Crippen molar-refractivity contribution in [3.05, 3.63) is 41.5 Å². The van der Waals surface area contributed by atoms with Gasteiger partial charge in [-0.1, -0.05) is 42.0 Å². The van der Waals surface area contributed by atoms with E-state index in [1.165, 1.54) is 11.1 Å². The number of hydrogen-bond donors (Lipinski definition) is 0. The van der Waals surface area contributed by atoms with Crippen molar-refractivity contribution in [3.8, 4) is 0 Å². The van der Waals surface area contributed by atoms with Crippen molar-refractivity contribution in [1.82, 2.24) is 4.90 Å². The van der Waals surface area contributed by atoms with Crippen LogP contribution < -0.4 is 0 Å². The van der Waals surface area contributed by atoms with Gasteiger partial charge in [-0.05, 0) is 26.5 Å². The molecule has 100 valence electrons.